The average molecular weight is 348 g/mol. The topological polar surface area (TPSA) is 27.1 Å². The fraction of sp³-hybridized carbons (Fsp3) is 0.348. The second kappa shape index (κ2) is 7.77. The molecule has 0 aliphatic rings. The highest BCUT2D eigenvalue weighted by Crippen LogP contribution is 2.26. The zero-order chi connectivity index (χ0) is 18.6. The highest BCUT2D eigenvalue weighted by atomic mass is 16.5. The molecular formula is C23H28N2O. The van der Waals surface area contributed by atoms with E-state index in [1.807, 2.05) is 30.3 Å². The van der Waals surface area contributed by atoms with Crippen LogP contribution in [0.1, 0.15) is 38.6 Å². The third kappa shape index (κ3) is 3.98. The SMILES string of the molecule is C=CCc1ccccc1OCCCn1c(C(C)(C)C)nc2ccccc21. The average Bonchev–Trinajstić information content (AvgIpc) is 2.99. The van der Waals surface area contributed by atoms with Gasteiger partial charge in [0, 0.05) is 12.0 Å². The lowest BCUT2D eigenvalue weighted by molar-refractivity contribution is 0.298. The molecule has 0 aliphatic carbocycles. The molecule has 0 radical (unpaired) electrons. The van der Waals surface area contributed by atoms with Gasteiger partial charge in [0.1, 0.15) is 11.6 Å². The van der Waals surface area contributed by atoms with Gasteiger partial charge in [0.05, 0.1) is 17.6 Å². The molecule has 2 aromatic carbocycles. The second-order valence-corrected chi connectivity index (χ2v) is 7.63. The van der Waals surface area contributed by atoms with Gasteiger partial charge in [0.15, 0.2) is 0 Å². The Labute approximate surface area is 156 Å². The van der Waals surface area contributed by atoms with Gasteiger partial charge >= 0.3 is 0 Å². The number of imidazole rings is 1. The number of nitrogens with zero attached hydrogens (tertiary/aromatic N) is 2. The molecule has 3 aromatic rings. The predicted molar refractivity (Wildman–Crippen MR) is 109 cm³/mol. The Bertz CT molecular complexity index is 887. The minimum atomic E-state index is 0.0104. The maximum Gasteiger partial charge on any atom is 0.122 e. The summed E-state index contributed by atoms with van der Waals surface area (Å²) in [6.45, 7) is 12.1. The van der Waals surface area contributed by atoms with Gasteiger partial charge in [-0.2, -0.15) is 0 Å². The van der Waals surface area contributed by atoms with Crippen molar-refractivity contribution in [3.8, 4) is 5.75 Å². The summed E-state index contributed by atoms with van der Waals surface area (Å²) < 4.78 is 8.39. The van der Waals surface area contributed by atoms with Crippen molar-refractivity contribution in [2.75, 3.05) is 6.61 Å². The Balaban J connectivity index is 1.72. The lowest BCUT2D eigenvalue weighted by atomic mass is 9.95. The van der Waals surface area contributed by atoms with Crippen molar-refractivity contribution in [3.63, 3.8) is 0 Å². The van der Waals surface area contributed by atoms with Crippen LogP contribution in [0.25, 0.3) is 11.0 Å². The number of aryl methyl sites for hydroxylation is 1. The molecule has 0 unspecified atom stereocenters. The Morgan fingerprint density at radius 3 is 2.58 bits per heavy atom. The molecule has 1 heterocycles. The summed E-state index contributed by atoms with van der Waals surface area (Å²) in [5, 5.41) is 0. The van der Waals surface area contributed by atoms with Gasteiger partial charge in [-0.3, -0.25) is 0 Å². The molecule has 3 rings (SSSR count). The van der Waals surface area contributed by atoms with E-state index in [0.717, 1.165) is 36.5 Å². The first-order valence-corrected chi connectivity index (χ1v) is 9.28. The zero-order valence-electron chi connectivity index (χ0n) is 16.0. The lowest BCUT2D eigenvalue weighted by Gasteiger charge is -2.20. The number of para-hydroxylation sites is 3. The molecule has 1 aromatic heterocycles. The largest absolute Gasteiger partial charge is 0.493 e. The lowest BCUT2D eigenvalue weighted by Crippen LogP contribution is -2.19. The minimum absolute atomic E-state index is 0.0104. The van der Waals surface area contributed by atoms with Crippen LogP contribution in [0.15, 0.2) is 61.2 Å². The monoisotopic (exact) mass is 348 g/mol. The van der Waals surface area contributed by atoms with Gasteiger partial charge in [-0.1, -0.05) is 57.2 Å². The Kier molecular flexibility index (Phi) is 5.46. The van der Waals surface area contributed by atoms with Crippen molar-refractivity contribution in [2.45, 2.75) is 45.6 Å². The highest BCUT2D eigenvalue weighted by Gasteiger charge is 2.22. The standard InChI is InChI=1S/C23H28N2O/c1-5-11-18-12-6-9-15-21(18)26-17-10-16-25-20-14-8-7-13-19(20)24-22(25)23(2,3)4/h5-9,12-15H,1,10-11,16-17H2,2-4H3. The highest BCUT2D eigenvalue weighted by molar-refractivity contribution is 5.76. The van der Waals surface area contributed by atoms with E-state index in [0.29, 0.717) is 6.61 Å². The third-order valence-electron chi connectivity index (χ3n) is 4.45. The van der Waals surface area contributed by atoms with Crippen LogP contribution in [0.3, 0.4) is 0 Å². The Hall–Kier alpha value is -2.55. The minimum Gasteiger partial charge on any atom is -0.493 e. The fourth-order valence-corrected chi connectivity index (χ4v) is 3.25. The number of allylic oxidation sites excluding steroid dienone is 1. The molecule has 0 N–H and O–H groups in total. The second-order valence-electron chi connectivity index (χ2n) is 7.63. The van der Waals surface area contributed by atoms with E-state index in [1.54, 1.807) is 0 Å². The van der Waals surface area contributed by atoms with Crippen LogP contribution in [0, 0.1) is 0 Å². The predicted octanol–water partition coefficient (Wildman–Crippen LogP) is 5.53. The molecule has 0 aliphatic heterocycles. The van der Waals surface area contributed by atoms with Crippen LogP contribution in [-0.4, -0.2) is 16.2 Å². The quantitative estimate of drug-likeness (QED) is 0.414. The molecule has 0 saturated heterocycles. The summed E-state index contributed by atoms with van der Waals surface area (Å²) in [5.41, 5.74) is 3.46. The fourth-order valence-electron chi connectivity index (χ4n) is 3.25. The maximum atomic E-state index is 6.04. The van der Waals surface area contributed by atoms with E-state index < -0.39 is 0 Å². The van der Waals surface area contributed by atoms with E-state index in [1.165, 1.54) is 11.1 Å². The van der Waals surface area contributed by atoms with Crippen LogP contribution < -0.4 is 4.74 Å². The smallest absolute Gasteiger partial charge is 0.122 e. The normalized spacial score (nSPS) is 11.7. The third-order valence-corrected chi connectivity index (χ3v) is 4.45. The van der Waals surface area contributed by atoms with Gasteiger partial charge in [0.25, 0.3) is 0 Å². The number of hydrogen-bond acceptors (Lipinski definition) is 2. The van der Waals surface area contributed by atoms with Crippen molar-refractivity contribution in [3.05, 3.63) is 72.6 Å². The first-order valence-electron chi connectivity index (χ1n) is 9.28. The summed E-state index contributed by atoms with van der Waals surface area (Å²) in [5.74, 6) is 2.09. The van der Waals surface area contributed by atoms with Crippen LogP contribution in [0.2, 0.25) is 0 Å². The summed E-state index contributed by atoms with van der Waals surface area (Å²) in [4.78, 5) is 4.87. The van der Waals surface area contributed by atoms with E-state index in [2.05, 4.69) is 56.2 Å². The summed E-state index contributed by atoms with van der Waals surface area (Å²) in [6, 6.07) is 16.5. The summed E-state index contributed by atoms with van der Waals surface area (Å²) >= 11 is 0. The molecule has 0 spiro atoms. The van der Waals surface area contributed by atoms with Gasteiger partial charge in [-0.25, -0.2) is 4.98 Å². The summed E-state index contributed by atoms with van der Waals surface area (Å²) in [7, 11) is 0. The van der Waals surface area contributed by atoms with E-state index in [-0.39, 0.29) is 5.41 Å². The Morgan fingerprint density at radius 1 is 1.08 bits per heavy atom. The van der Waals surface area contributed by atoms with Crippen LogP contribution in [0.5, 0.6) is 5.75 Å². The summed E-state index contributed by atoms with van der Waals surface area (Å²) in [6.07, 6.45) is 3.68. The molecule has 3 nitrogen and oxygen atoms in total. The van der Waals surface area contributed by atoms with Crippen LogP contribution >= 0.6 is 0 Å². The van der Waals surface area contributed by atoms with Crippen LogP contribution in [-0.2, 0) is 18.4 Å². The molecule has 0 bridgehead atoms. The number of fused-ring (bicyclic) bond motifs is 1. The van der Waals surface area contributed by atoms with Crippen molar-refractivity contribution in [1.29, 1.82) is 0 Å². The number of rotatable bonds is 7. The Morgan fingerprint density at radius 2 is 1.81 bits per heavy atom. The van der Waals surface area contributed by atoms with E-state index >= 15 is 0 Å². The van der Waals surface area contributed by atoms with Crippen molar-refractivity contribution in [1.82, 2.24) is 9.55 Å². The van der Waals surface area contributed by atoms with Gasteiger partial charge in [-0.05, 0) is 36.6 Å². The molecule has 136 valence electrons. The van der Waals surface area contributed by atoms with E-state index in [9.17, 15) is 0 Å². The molecule has 0 fully saturated rings. The van der Waals surface area contributed by atoms with Crippen LogP contribution in [0.4, 0.5) is 0 Å². The van der Waals surface area contributed by atoms with Gasteiger partial charge < -0.3 is 9.30 Å². The van der Waals surface area contributed by atoms with E-state index in [4.69, 9.17) is 9.72 Å². The van der Waals surface area contributed by atoms with Gasteiger partial charge in [-0.15, -0.1) is 6.58 Å². The zero-order valence-corrected chi connectivity index (χ0v) is 16.0. The number of aromatic nitrogens is 2. The van der Waals surface area contributed by atoms with Crippen molar-refractivity contribution in [2.24, 2.45) is 0 Å². The first kappa shape index (κ1) is 18.2. The first-order chi connectivity index (χ1) is 12.5. The maximum absolute atomic E-state index is 6.04. The molecule has 0 atom stereocenters. The number of ether oxygens (including phenoxy) is 1. The molecule has 0 saturated carbocycles. The number of hydrogen-bond donors (Lipinski definition) is 0. The number of benzene rings is 2. The molecule has 3 heteroatoms. The van der Waals surface area contributed by atoms with Crippen molar-refractivity contribution >= 4 is 11.0 Å². The molecule has 26 heavy (non-hydrogen) atoms. The van der Waals surface area contributed by atoms with Crippen molar-refractivity contribution < 1.29 is 4.74 Å². The van der Waals surface area contributed by atoms with Gasteiger partial charge in [0.2, 0.25) is 0 Å². The molecular weight excluding hydrogens is 320 g/mol. The molecule has 0 amide bonds.